The van der Waals surface area contributed by atoms with Gasteiger partial charge in [-0.2, -0.15) is 0 Å². The van der Waals surface area contributed by atoms with Crippen LogP contribution < -0.4 is 4.74 Å². The van der Waals surface area contributed by atoms with Crippen LogP contribution in [-0.2, 0) is 22.7 Å². The summed E-state index contributed by atoms with van der Waals surface area (Å²) in [5.74, 6) is -1.70. The van der Waals surface area contributed by atoms with Crippen LogP contribution in [-0.4, -0.2) is 26.7 Å². The number of aromatic nitrogens is 1. The molecule has 1 amide bonds. The molecule has 190 valence electrons. The molecule has 4 aromatic rings. The molecule has 1 aromatic heterocycles. The van der Waals surface area contributed by atoms with Gasteiger partial charge in [-0.15, -0.1) is 0 Å². The van der Waals surface area contributed by atoms with Crippen LogP contribution in [0.4, 0.5) is 4.39 Å². The van der Waals surface area contributed by atoms with Gasteiger partial charge in [-0.1, -0.05) is 42.0 Å². The minimum Gasteiger partial charge on any atom is -0.507 e. The van der Waals surface area contributed by atoms with E-state index in [0.29, 0.717) is 23.5 Å². The van der Waals surface area contributed by atoms with E-state index < -0.39 is 23.5 Å². The Kier molecular flexibility index (Phi) is 7.00. The fraction of sp³-hybridized carbons (Fsp3) is 0.129. The van der Waals surface area contributed by atoms with Gasteiger partial charge in [-0.25, -0.2) is 4.39 Å². The summed E-state index contributed by atoms with van der Waals surface area (Å²) in [7, 11) is 0. The molecule has 0 radical (unpaired) electrons. The molecule has 0 unspecified atom stereocenters. The molecule has 6 nitrogen and oxygen atoms in total. The highest BCUT2D eigenvalue weighted by molar-refractivity contribution is 6.46. The normalized spacial score (nSPS) is 16.6. The number of amides is 1. The van der Waals surface area contributed by atoms with Crippen LogP contribution in [0.2, 0.25) is 0 Å². The number of pyridine rings is 1. The number of hydrogen-bond acceptors (Lipinski definition) is 5. The number of carbonyl (C=O) groups excluding carboxylic acids is 2. The first-order chi connectivity index (χ1) is 18.4. The van der Waals surface area contributed by atoms with Crippen molar-refractivity contribution in [3.63, 3.8) is 0 Å². The van der Waals surface area contributed by atoms with Crippen molar-refractivity contribution in [2.45, 2.75) is 26.1 Å². The van der Waals surface area contributed by atoms with E-state index in [9.17, 15) is 19.1 Å². The Morgan fingerprint density at radius 2 is 1.66 bits per heavy atom. The second kappa shape index (κ2) is 10.7. The first kappa shape index (κ1) is 24.9. The van der Waals surface area contributed by atoms with Crippen molar-refractivity contribution in [1.82, 2.24) is 9.88 Å². The highest BCUT2D eigenvalue weighted by Crippen LogP contribution is 2.40. The van der Waals surface area contributed by atoms with E-state index in [-0.39, 0.29) is 17.9 Å². The fourth-order valence-corrected chi connectivity index (χ4v) is 4.55. The Balaban J connectivity index is 1.47. The van der Waals surface area contributed by atoms with Crippen LogP contribution in [0, 0.1) is 12.7 Å². The SMILES string of the molecule is Cc1cccc(COc2ccc(/C(O)=C3\C(=O)C(=O)N(Cc4ccncc4)[C@H]3c3ccc(F)cc3)cc2)c1. The Morgan fingerprint density at radius 3 is 2.34 bits per heavy atom. The van der Waals surface area contributed by atoms with E-state index in [1.165, 1.54) is 29.2 Å². The van der Waals surface area contributed by atoms with Gasteiger partial charge >= 0.3 is 0 Å². The molecule has 2 heterocycles. The topological polar surface area (TPSA) is 79.7 Å². The van der Waals surface area contributed by atoms with E-state index in [1.54, 1.807) is 48.8 Å². The van der Waals surface area contributed by atoms with Crippen LogP contribution in [0.15, 0.2) is 103 Å². The molecule has 1 fully saturated rings. The van der Waals surface area contributed by atoms with Gasteiger partial charge in [0.05, 0.1) is 11.6 Å². The van der Waals surface area contributed by atoms with E-state index in [0.717, 1.165) is 16.7 Å². The third kappa shape index (κ3) is 5.18. The van der Waals surface area contributed by atoms with Crippen LogP contribution in [0.1, 0.15) is 33.9 Å². The summed E-state index contributed by atoms with van der Waals surface area (Å²) < 4.78 is 19.6. The monoisotopic (exact) mass is 508 g/mol. The number of hydrogen-bond donors (Lipinski definition) is 1. The van der Waals surface area contributed by atoms with E-state index in [2.05, 4.69) is 4.98 Å². The smallest absolute Gasteiger partial charge is 0.295 e. The lowest BCUT2D eigenvalue weighted by atomic mass is 9.95. The van der Waals surface area contributed by atoms with E-state index in [4.69, 9.17) is 4.74 Å². The molecule has 0 saturated carbocycles. The molecule has 0 spiro atoms. The molecule has 1 N–H and O–H groups in total. The number of aliphatic hydroxyl groups excluding tert-OH is 1. The molecule has 7 heteroatoms. The molecule has 0 aliphatic carbocycles. The van der Waals surface area contributed by atoms with Gasteiger partial charge in [0.2, 0.25) is 0 Å². The van der Waals surface area contributed by atoms with Crippen molar-refractivity contribution in [3.8, 4) is 5.75 Å². The zero-order valence-corrected chi connectivity index (χ0v) is 20.7. The summed E-state index contributed by atoms with van der Waals surface area (Å²) in [6.45, 7) is 2.52. The summed E-state index contributed by atoms with van der Waals surface area (Å²) in [4.78, 5) is 31.7. The summed E-state index contributed by atoms with van der Waals surface area (Å²) in [5, 5.41) is 11.3. The van der Waals surface area contributed by atoms with Gasteiger partial charge in [-0.05, 0) is 72.1 Å². The lowest BCUT2D eigenvalue weighted by molar-refractivity contribution is -0.140. The van der Waals surface area contributed by atoms with Gasteiger partial charge in [0.15, 0.2) is 0 Å². The number of aryl methyl sites for hydroxylation is 1. The maximum Gasteiger partial charge on any atom is 0.295 e. The average molecular weight is 509 g/mol. The first-order valence-electron chi connectivity index (χ1n) is 12.1. The van der Waals surface area contributed by atoms with Gasteiger partial charge in [0, 0.05) is 24.5 Å². The first-order valence-corrected chi connectivity index (χ1v) is 12.1. The van der Waals surface area contributed by atoms with Crippen molar-refractivity contribution in [2.24, 2.45) is 0 Å². The second-order valence-electron chi connectivity index (χ2n) is 9.14. The lowest BCUT2D eigenvalue weighted by Crippen LogP contribution is -2.29. The van der Waals surface area contributed by atoms with Gasteiger partial charge in [0.1, 0.15) is 23.9 Å². The van der Waals surface area contributed by atoms with Gasteiger partial charge < -0.3 is 14.7 Å². The molecule has 1 atom stereocenters. The predicted molar refractivity (Wildman–Crippen MR) is 140 cm³/mol. The number of rotatable bonds is 7. The zero-order valence-electron chi connectivity index (χ0n) is 20.7. The number of benzene rings is 3. The van der Waals surface area contributed by atoms with Crippen molar-refractivity contribution in [3.05, 3.63) is 137 Å². The van der Waals surface area contributed by atoms with E-state index >= 15 is 0 Å². The molecule has 1 saturated heterocycles. The number of aliphatic hydroxyl groups is 1. The third-order valence-corrected chi connectivity index (χ3v) is 6.44. The van der Waals surface area contributed by atoms with Crippen LogP contribution in [0.3, 0.4) is 0 Å². The van der Waals surface area contributed by atoms with Crippen LogP contribution >= 0.6 is 0 Å². The molecule has 38 heavy (non-hydrogen) atoms. The predicted octanol–water partition coefficient (Wildman–Crippen LogP) is 5.73. The number of likely N-dealkylation sites (tertiary alicyclic amines) is 1. The van der Waals surface area contributed by atoms with Crippen molar-refractivity contribution in [1.29, 1.82) is 0 Å². The minimum absolute atomic E-state index is 0.0518. The highest BCUT2D eigenvalue weighted by Gasteiger charge is 2.46. The number of ketones is 1. The standard InChI is InChI=1S/C31H25FN2O4/c1-20-3-2-4-22(17-20)19-38-26-11-7-24(8-12-26)29(35)27-28(23-5-9-25(32)10-6-23)34(31(37)30(27)36)18-21-13-15-33-16-14-21/h2-17,28,35H,18-19H2,1H3/b29-27+/t28-/m0/s1. The molecule has 0 bridgehead atoms. The molecule has 3 aromatic carbocycles. The molecular formula is C31H25FN2O4. The number of Topliss-reactive ketones (excluding diaryl/α,β-unsaturated/α-hetero) is 1. The quantitative estimate of drug-likeness (QED) is 0.196. The largest absolute Gasteiger partial charge is 0.507 e. The molecule has 1 aliphatic heterocycles. The van der Waals surface area contributed by atoms with E-state index in [1.807, 2.05) is 31.2 Å². The Morgan fingerprint density at radius 1 is 0.947 bits per heavy atom. The summed E-state index contributed by atoms with van der Waals surface area (Å²) in [6.07, 6.45) is 3.20. The van der Waals surface area contributed by atoms with Crippen LogP contribution in [0.25, 0.3) is 5.76 Å². The van der Waals surface area contributed by atoms with Crippen molar-refractivity contribution in [2.75, 3.05) is 0 Å². The highest BCUT2D eigenvalue weighted by atomic mass is 19.1. The van der Waals surface area contributed by atoms with Gasteiger partial charge in [-0.3, -0.25) is 14.6 Å². The number of halogens is 1. The minimum atomic E-state index is -0.888. The lowest BCUT2D eigenvalue weighted by Gasteiger charge is -2.25. The molecule has 1 aliphatic rings. The second-order valence-corrected chi connectivity index (χ2v) is 9.14. The van der Waals surface area contributed by atoms with Crippen molar-refractivity contribution >= 4 is 17.4 Å². The number of nitrogens with zero attached hydrogens (tertiary/aromatic N) is 2. The maximum atomic E-state index is 13.7. The Hall–Kier alpha value is -4.78. The Labute approximate surface area is 219 Å². The van der Waals surface area contributed by atoms with Crippen LogP contribution in [0.5, 0.6) is 5.75 Å². The third-order valence-electron chi connectivity index (χ3n) is 6.44. The Bertz CT molecular complexity index is 1500. The molecule has 5 rings (SSSR count). The van der Waals surface area contributed by atoms with Crippen molar-refractivity contribution < 1.29 is 23.8 Å². The fourth-order valence-electron chi connectivity index (χ4n) is 4.55. The summed E-state index contributed by atoms with van der Waals surface area (Å²) in [6, 6.07) is 22.8. The van der Waals surface area contributed by atoms with Gasteiger partial charge in [0.25, 0.3) is 11.7 Å². The summed E-state index contributed by atoms with van der Waals surface area (Å²) in [5.41, 5.74) is 3.77. The number of ether oxygens (including phenoxy) is 1. The zero-order chi connectivity index (χ0) is 26.6. The molecular weight excluding hydrogens is 483 g/mol. The maximum absolute atomic E-state index is 13.7. The summed E-state index contributed by atoms with van der Waals surface area (Å²) >= 11 is 0. The number of carbonyl (C=O) groups is 2. The average Bonchev–Trinajstić information content (AvgIpc) is 3.18.